The second kappa shape index (κ2) is 32.2. The van der Waals surface area contributed by atoms with E-state index in [4.69, 9.17) is 10.5 Å². The van der Waals surface area contributed by atoms with Crippen LogP contribution >= 0.6 is 0 Å². The molecule has 0 aliphatic rings. The highest BCUT2D eigenvalue weighted by atomic mass is 16.5. The lowest BCUT2D eigenvalue weighted by Crippen LogP contribution is -2.40. The highest BCUT2D eigenvalue weighted by Crippen LogP contribution is 2.15. The molecule has 7 nitrogen and oxygen atoms in total. The second-order valence-electron chi connectivity index (χ2n) is 12.3. The van der Waals surface area contributed by atoms with Gasteiger partial charge in [-0.2, -0.15) is 0 Å². The first-order valence-electron chi connectivity index (χ1n) is 18.2. The first-order valence-corrected chi connectivity index (χ1v) is 18.2. The van der Waals surface area contributed by atoms with E-state index in [9.17, 15) is 19.5 Å². The Bertz CT molecular complexity index is 752. The van der Waals surface area contributed by atoms with Gasteiger partial charge >= 0.3 is 11.9 Å². The van der Waals surface area contributed by atoms with Gasteiger partial charge in [-0.15, -0.1) is 0 Å². The summed E-state index contributed by atoms with van der Waals surface area (Å²) in [5.74, 6) is -1.35. The molecule has 0 radical (unpaired) electrons. The zero-order valence-electron chi connectivity index (χ0n) is 28.5. The van der Waals surface area contributed by atoms with Crippen molar-refractivity contribution < 1.29 is 24.2 Å². The molecule has 0 aromatic rings. The Hall–Kier alpha value is -2.15. The summed E-state index contributed by atoms with van der Waals surface area (Å²) in [5, 5.41) is 11.9. The summed E-state index contributed by atoms with van der Waals surface area (Å²) in [6.45, 7) is 4.85. The Balaban J connectivity index is 4.33. The molecular formula is C37H68N2O5. The molecule has 2 atom stereocenters. The van der Waals surface area contributed by atoms with Crippen LogP contribution in [-0.2, 0) is 19.1 Å². The van der Waals surface area contributed by atoms with Crippen molar-refractivity contribution in [2.45, 2.75) is 187 Å². The third kappa shape index (κ3) is 28.6. The fraction of sp³-hybridized carbons (Fsp3) is 0.811. The van der Waals surface area contributed by atoms with E-state index in [1.807, 2.05) is 6.08 Å². The zero-order chi connectivity index (χ0) is 32.5. The van der Waals surface area contributed by atoms with Crippen LogP contribution in [0.1, 0.15) is 174 Å². The van der Waals surface area contributed by atoms with Crippen LogP contribution in [-0.4, -0.2) is 41.6 Å². The van der Waals surface area contributed by atoms with Crippen LogP contribution in [0.3, 0.4) is 0 Å². The second-order valence-corrected chi connectivity index (χ2v) is 12.3. The van der Waals surface area contributed by atoms with Gasteiger partial charge in [-0.3, -0.25) is 9.59 Å². The molecule has 0 aliphatic carbocycles. The summed E-state index contributed by atoms with van der Waals surface area (Å²) in [5.41, 5.74) is 5.46. The van der Waals surface area contributed by atoms with E-state index in [0.717, 1.165) is 51.4 Å². The van der Waals surface area contributed by atoms with Gasteiger partial charge in [-0.1, -0.05) is 128 Å². The SMILES string of the molecule is CCCC/C=C\C/C=C\C(CCCCCCC(=O)NC(CCCN)C(=O)O)OC(=O)CCCCCCCCCCCCCC. The number of hydrogen-bond donors (Lipinski definition) is 3. The average Bonchev–Trinajstić information content (AvgIpc) is 3.00. The molecule has 0 rings (SSSR count). The van der Waals surface area contributed by atoms with Crippen LogP contribution in [0.4, 0.5) is 0 Å². The van der Waals surface area contributed by atoms with Crippen LogP contribution in [0, 0.1) is 0 Å². The van der Waals surface area contributed by atoms with Crippen molar-refractivity contribution in [3.63, 3.8) is 0 Å². The summed E-state index contributed by atoms with van der Waals surface area (Å²) in [7, 11) is 0. The molecule has 0 fully saturated rings. The quantitative estimate of drug-likeness (QED) is 0.0392. The maximum atomic E-state index is 12.6. The topological polar surface area (TPSA) is 119 Å². The van der Waals surface area contributed by atoms with Crippen molar-refractivity contribution >= 4 is 17.8 Å². The number of esters is 1. The third-order valence-corrected chi connectivity index (χ3v) is 8.00. The number of ether oxygens (including phenoxy) is 1. The lowest BCUT2D eigenvalue weighted by Gasteiger charge is -2.15. The van der Waals surface area contributed by atoms with Crippen LogP contribution in [0.5, 0.6) is 0 Å². The number of hydrogen-bond acceptors (Lipinski definition) is 5. The van der Waals surface area contributed by atoms with E-state index in [1.165, 1.54) is 77.0 Å². The summed E-state index contributed by atoms with van der Waals surface area (Å²) < 4.78 is 5.86. The molecule has 0 saturated heterocycles. The number of amides is 1. The smallest absolute Gasteiger partial charge is 0.326 e. The van der Waals surface area contributed by atoms with Crippen LogP contribution in [0.2, 0.25) is 0 Å². The molecular weight excluding hydrogens is 552 g/mol. The molecule has 44 heavy (non-hydrogen) atoms. The van der Waals surface area contributed by atoms with Gasteiger partial charge in [0, 0.05) is 12.8 Å². The molecule has 0 saturated carbocycles. The Kier molecular flexibility index (Phi) is 30.7. The van der Waals surface area contributed by atoms with E-state index < -0.39 is 12.0 Å². The van der Waals surface area contributed by atoms with Crippen LogP contribution in [0.15, 0.2) is 24.3 Å². The monoisotopic (exact) mass is 621 g/mol. The van der Waals surface area contributed by atoms with Crippen molar-refractivity contribution in [3.8, 4) is 0 Å². The van der Waals surface area contributed by atoms with Gasteiger partial charge < -0.3 is 20.9 Å². The minimum absolute atomic E-state index is 0.107. The average molecular weight is 621 g/mol. The van der Waals surface area contributed by atoms with Gasteiger partial charge in [-0.05, 0) is 64.0 Å². The third-order valence-electron chi connectivity index (χ3n) is 8.00. The normalized spacial score (nSPS) is 13.0. The molecule has 0 aliphatic heterocycles. The molecule has 0 bridgehead atoms. The van der Waals surface area contributed by atoms with Gasteiger partial charge in [0.15, 0.2) is 0 Å². The van der Waals surface area contributed by atoms with Crippen LogP contribution in [0.25, 0.3) is 0 Å². The van der Waals surface area contributed by atoms with E-state index in [-0.39, 0.29) is 18.0 Å². The lowest BCUT2D eigenvalue weighted by molar-refractivity contribution is -0.147. The van der Waals surface area contributed by atoms with Crippen molar-refractivity contribution in [1.29, 1.82) is 0 Å². The molecule has 0 heterocycles. The number of unbranched alkanes of at least 4 members (excludes halogenated alkanes) is 16. The molecule has 2 unspecified atom stereocenters. The van der Waals surface area contributed by atoms with Gasteiger partial charge in [0.2, 0.25) is 5.91 Å². The predicted octanol–water partition coefficient (Wildman–Crippen LogP) is 9.33. The molecule has 4 N–H and O–H groups in total. The molecule has 0 aromatic carbocycles. The highest BCUT2D eigenvalue weighted by Gasteiger charge is 2.19. The van der Waals surface area contributed by atoms with Gasteiger partial charge in [-0.25, -0.2) is 4.79 Å². The van der Waals surface area contributed by atoms with Gasteiger partial charge in [0.25, 0.3) is 0 Å². The summed E-state index contributed by atoms with van der Waals surface area (Å²) in [6.07, 6.45) is 33.8. The Labute approximate surface area is 270 Å². The number of allylic oxidation sites excluding steroid dienone is 3. The van der Waals surface area contributed by atoms with Crippen molar-refractivity contribution in [2.24, 2.45) is 5.73 Å². The maximum absolute atomic E-state index is 12.6. The van der Waals surface area contributed by atoms with E-state index >= 15 is 0 Å². The van der Waals surface area contributed by atoms with Crippen molar-refractivity contribution in [3.05, 3.63) is 24.3 Å². The minimum Gasteiger partial charge on any atom is -0.480 e. The zero-order valence-corrected chi connectivity index (χ0v) is 28.5. The van der Waals surface area contributed by atoms with E-state index in [1.54, 1.807) is 0 Å². The molecule has 0 spiro atoms. The number of nitrogens with two attached hydrogens (primary N) is 1. The number of rotatable bonds is 32. The highest BCUT2D eigenvalue weighted by molar-refractivity contribution is 5.83. The summed E-state index contributed by atoms with van der Waals surface area (Å²) in [6, 6.07) is -0.871. The number of aliphatic carboxylic acids is 1. The van der Waals surface area contributed by atoms with Gasteiger partial charge in [0.05, 0.1) is 0 Å². The fourth-order valence-electron chi connectivity index (χ4n) is 5.21. The largest absolute Gasteiger partial charge is 0.480 e. The fourth-order valence-corrected chi connectivity index (χ4v) is 5.21. The van der Waals surface area contributed by atoms with Crippen molar-refractivity contribution in [1.82, 2.24) is 5.32 Å². The standard InChI is InChI=1S/C37H68N2O5/c1-3-5-7-9-11-12-13-14-15-17-19-25-31-36(41)44-33(27-22-18-16-10-8-6-4-2)28-23-20-21-24-30-35(40)39-34(37(42)43)29-26-32-38/h10,16,22,27,33-34H,3-9,11-15,17-21,23-26,28-32,38H2,1-2H3,(H,39,40)(H,42,43)/b16-10-,27-22-. The Morgan fingerprint density at radius 2 is 1.25 bits per heavy atom. The number of carbonyl (C=O) groups excluding carboxylic acids is 2. The number of nitrogens with one attached hydrogen (secondary N) is 1. The first-order chi connectivity index (χ1) is 21.4. The van der Waals surface area contributed by atoms with Crippen molar-refractivity contribution in [2.75, 3.05) is 6.54 Å². The van der Waals surface area contributed by atoms with Crippen LogP contribution < -0.4 is 11.1 Å². The molecule has 1 amide bonds. The number of carboxylic acid groups (broad SMARTS) is 1. The Morgan fingerprint density at radius 3 is 1.84 bits per heavy atom. The van der Waals surface area contributed by atoms with E-state index in [2.05, 4.69) is 37.4 Å². The van der Waals surface area contributed by atoms with Gasteiger partial charge in [0.1, 0.15) is 12.1 Å². The molecule has 0 aromatic heterocycles. The predicted molar refractivity (Wildman–Crippen MR) is 184 cm³/mol. The molecule has 256 valence electrons. The molecule has 7 heteroatoms. The minimum atomic E-state index is -1.02. The maximum Gasteiger partial charge on any atom is 0.326 e. The van der Waals surface area contributed by atoms with E-state index in [0.29, 0.717) is 38.6 Å². The number of carbonyl (C=O) groups is 3. The lowest BCUT2D eigenvalue weighted by atomic mass is 10.0. The summed E-state index contributed by atoms with van der Waals surface area (Å²) >= 11 is 0. The Morgan fingerprint density at radius 1 is 0.682 bits per heavy atom. The summed E-state index contributed by atoms with van der Waals surface area (Å²) in [4.78, 5) is 36.1. The number of carboxylic acids is 1. The first kappa shape index (κ1) is 41.9.